The molecule has 0 aliphatic carbocycles. The van der Waals surface area contributed by atoms with Crippen molar-refractivity contribution in [2.75, 3.05) is 0 Å². The number of pyridine rings is 1. The number of hydrogen-bond donors (Lipinski definition) is 2. The molecular weight excluding hydrogens is 370 g/mol. The van der Waals surface area contributed by atoms with Crippen LogP contribution in [0.3, 0.4) is 0 Å². The number of aryl methyl sites for hydroxylation is 1. The van der Waals surface area contributed by atoms with E-state index in [2.05, 4.69) is 73.5 Å². The summed E-state index contributed by atoms with van der Waals surface area (Å²) in [6, 6.07) is 10.2. The van der Waals surface area contributed by atoms with Crippen LogP contribution in [0.4, 0.5) is 0 Å². The maximum atomic E-state index is 5.69. The van der Waals surface area contributed by atoms with Crippen LogP contribution in [0.15, 0.2) is 45.5 Å². The van der Waals surface area contributed by atoms with Gasteiger partial charge in [0, 0.05) is 15.1 Å². The zero-order chi connectivity index (χ0) is 13.8. The fraction of sp³-hybridized carbons (Fsp3) is 0.214. The first-order valence-electron chi connectivity index (χ1n) is 6.01. The van der Waals surface area contributed by atoms with Crippen molar-refractivity contribution >= 4 is 31.9 Å². The van der Waals surface area contributed by atoms with Crippen LogP contribution in [0, 0.1) is 0 Å². The largest absolute Gasteiger partial charge is 0.271 e. The molecule has 1 heterocycles. The molecular formula is C14H15Br2N3. The van der Waals surface area contributed by atoms with Crippen LogP contribution in [0.2, 0.25) is 0 Å². The second kappa shape index (κ2) is 6.61. The van der Waals surface area contributed by atoms with Gasteiger partial charge in [-0.1, -0.05) is 31.2 Å². The van der Waals surface area contributed by atoms with Crippen LogP contribution >= 0.6 is 31.9 Å². The van der Waals surface area contributed by atoms with Gasteiger partial charge in [0.1, 0.15) is 0 Å². The molecule has 0 aliphatic rings. The van der Waals surface area contributed by atoms with Crippen molar-refractivity contribution in [2.45, 2.75) is 19.4 Å². The summed E-state index contributed by atoms with van der Waals surface area (Å²) in [6.07, 6.45) is 2.80. The summed E-state index contributed by atoms with van der Waals surface area (Å²) in [5.74, 6) is 5.69. The highest BCUT2D eigenvalue weighted by atomic mass is 79.9. The zero-order valence-corrected chi connectivity index (χ0v) is 13.7. The van der Waals surface area contributed by atoms with Gasteiger partial charge in [-0.2, -0.15) is 0 Å². The van der Waals surface area contributed by atoms with Gasteiger partial charge in [0.25, 0.3) is 0 Å². The third-order valence-corrected chi connectivity index (χ3v) is 4.07. The van der Waals surface area contributed by atoms with E-state index in [0.717, 1.165) is 26.6 Å². The molecule has 0 fully saturated rings. The number of aromatic nitrogens is 1. The smallest absolute Gasteiger partial charge is 0.0892 e. The van der Waals surface area contributed by atoms with E-state index >= 15 is 0 Å². The Morgan fingerprint density at radius 1 is 1.26 bits per heavy atom. The molecule has 3 nitrogen and oxygen atoms in total. The highest BCUT2D eigenvalue weighted by Gasteiger charge is 2.17. The highest BCUT2D eigenvalue weighted by molar-refractivity contribution is 9.11. The van der Waals surface area contributed by atoms with Gasteiger partial charge in [0.2, 0.25) is 0 Å². The monoisotopic (exact) mass is 383 g/mol. The van der Waals surface area contributed by atoms with Crippen molar-refractivity contribution in [3.8, 4) is 0 Å². The van der Waals surface area contributed by atoms with Crippen LogP contribution in [0.5, 0.6) is 0 Å². The number of nitrogens with zero attached hydrogens (tertiary/aromatic N) is 1. The first-order chi connectivity index (χ1) is 9.15. The number of halogens is 2. The molecule has 0 saturated heterocycles. The van der Waals surface area contributed by atoms with E-state index in [1.807, 2.05) is 6.07 Å². The minimum Gasteiger partial charge on any atom is -0.271 e. The molecule has 0 aliphatic heterocycles. The van der Waals surface area contributed by atoms with Gasteiger partial charge in [-0.05, 0) is 55.5 Å². The molecule has 1 atom stereocenters. The second-order valence-electron chi connectivity index (χ2n) is 4.22. The molecule has 1 aromatic carbocycles. The number of rotatable bonds is 4. The standard InChI is InChI=1S/C14H15Br2N3/c1-2-9-3-5-10(6-4-9)13(19-17)14-12(16)7-11(15)8-18-14/h3-8,13,19H,2,17H2,1H3. The maximum absolute atomic E-state index is 5.69. The molecule has 5 heteroatoms. The average Bonchev–Trinajstić information content (AvgIpc) is 2.42. The Balaban J connectivity index is 2.37. The van der Waals surface area contributed by atoms with Gasteiger partial charge >= 0.3 is 0 Å². The molecule has 1 unspecified atom stereocenters. The molecule has 0 radical (unpaired) electrons. The third-order valence-electron chi connectivity index (χ3n) is 3.00. The Morgan fingerprint density at radius 2 is 1.95 bits per heavy atom. The van der Waals surface area contributed by atoms with Crippen LogP contribution in [-0.2, 0) is 6.42 Å². The fourth-order valence-corrected chi connectivity index (χ4v) is 3.13. The van der Waals surface area contributed by atoms with Crippen LogP contribution in [0.25, 0.3) is 0 Å². The highest BCUT2D eigenvalue weighted by Crippen LogP contribution is 2.28. The van der Waals surface area contributed by atoms with Gasteiger partial charge in [0.15, 0.2) is 0 Å². The lowest BCUT2D eigenvalue weighted by Gasteiger charge is -2.17. The van der Waals surface area contributed by atoms with Gasteiger partial charge in [0.05, 0.1) is 11.7 Å². The predicted octanol–water partition coefficient (Wildman–Crippen LogP) is 3.72. The molecule has 0 spiro atoms. The summed E-state index contributed by atoms with van der Waals surface area (Å²) in [5.41, 5.74) is 6.10. The SMILES string of the molecule is CCc1ccc(C(NN)c2ncc(Br)cc2Br)cc1. The van der Waals surface area contributed by atoms with Crippen molar-refractivity contribution < 1.29 is 0 Å². The normalized spacial score (nSPS) is 12.4. The molecule has 3 N–H and O–H groups in total. The van der Waals surface area contributed by atoms with Crippen molar-refractivity contribution in [1.29, 1.82) is 0 Å². The zero-order valence-electron chi connectivity index (χ0n) is 10.5. The molecule has 2 rings (SSSR count). The Bertz CT molecular complexity index is 555. The number of benzene rings is 1. The van der Waals surface area contributed by atoms with E-state index in [-0.39, 0.29) is 6.04 Å². The lowest BCUT2D eigenvalue weighted by atomic mass is 10.0. The van der Waals surface area contributed by atoms with E-state index in [4.69, 9.17) is 5.84 Å². The number of nitrogens with one attached hydrogen (secondary N) is 1. The van der Waals surface area contributed by atoms with Crippen molar-refractivity contribution in [3.63, 3.8) is 0 Å². The molecule has 0 bridgehead atoms. The predicted molar refractivity (Wildman–Crippen MR) is 84.6 cm³/mol. The molecule has 0 amide bonds. The van der Waals surface area contributed by atoms with E-state index in [1.165, 1.54) is 5.56 Å². The average molecular weight is 385 g/mol. The van der Waals surface area contributed by atoms with Crippen molar-refractivity contribution in [3.05, 3.63) is 62.3 Å². The molecule has 1 aromatic heterocycles. The lowest BCUT2D eigenvalue weighted by molar-refractivity contribution is 0.617. The molecule has 2 aromatic rings. The first kappa shape index (κ1) is 14.7. The summed E-state index contributed by atoms with van der Waals surface area (Å²) in [7, 11) is 0. The van der Waals surface area contributed by atoms with Crippen molar-refractivity contribution in [2.24, 2.45) is 5.84 Å². The fourth-order valence-electron chi connectivity index (χ4n) is 1.92. The van der Waals surface area contributed by atoms with Crippen LogP contribution in [0.1, 0.15) is 29.8 Å². The van der Waals surface area contributed by atoms with Crippen molar-refractivity contribution in [1.82, 2.24) is 10.4 Å². The summed E-state index contributed by atoms with van der Waals surface area (Å²) >= 11 is 6.92. The van der Waals surface area contributed by atoms with E-state index in [0.29, 0.717) is 0 Å². The van der Waals surface area contributed by atoms with Crippen LogP contribution < -0.4 is 11.3 Å². The topological polar surface area (TPSA) is 50.9 Å². The van der Waals surface area contributed by atoms with Gasteiger partial charge < -0.3 is 0 Å². The molecule has 19 heavy (non-hydrogen) atoms. The minimum atomic E-state index is -0.131. The van der Waals surface area contributed by atoms with E-state index < -0.39 is 0 Å². The van der Waals surface area contributed by atoms with E-state index in [1.54, 1.807) is 6.20 Å². The lowest BCUT2D eigenvalue weighted by Crippen LogP contribution is -2.29. The Hall–Kier alpha value is -0.750. The van der Waals surface area contributed by atoms with Gasteiger partial charge in [-0.3, -0.25) is 10.8 Å². The maximum Gasteiger partial charge on any atom is 0.0892 e. The summed E-state index contributed by atoms with van der Waals surface area (Å²) in [6.45, 7) is 2.14. The minimum absolute atomic E-state index is 0.131. The number of hydrazine groups is 1. The third kappa shape index (κ3) is 3.42. The molecule has 0 saturated carbocycles. The summed E-state index contributed by atoms with van der Waals surface area (Å²) < 4.78 is 1.85. The quantitative estimate of drug-likeness (QED) is 0.623. The summed E-state index contributed by atoms with van der Waals surface area (Å²) in [5, 5.41) is 0. The van der Waals surface area contributed by atoms with Gasteiger partial charge in [-0.25, -0.2) is 5.43 Å². The second-order valence-corrected chi connectivity index (χ2v) is 5.99. The Kier molecular flexibility index (Phi) is 5.10. The van der Waals surface area contributed by atoms with Gasteiger partial charge in [-0.15, -0.1) is 0 Å². The van der Waals surface area contributed by atoms with Crippen LogP contribution in [-0.4, -0.2) is 4.98 Å². The molecule has 100 valence electrons. The Morgan fingerprint density at radius 3 is 2.47 bits per heavy atom. The summed E-state index contributed by atoms with van der Waals surface area (Å²) in [4.78, 5) is 4.43. The number of nitrogens with two attached hydrogens (primary N) is 1. The Labute approximate surface area is 129 Å². The first-order valence-corrected chi connectivity index (χ1v) is 7.60. The number of hydrogen-bond acceptors (Lipinski definition) is 3. The van der Waals surface area contributed by atoms with E-state index in [9.17, 15) is 0 Å².